The van der Waals surface area contributed by atoms with Crippen LogP contribution in [0.15, 0.2) is 48.8 Å². The third-order valence-corrected chi connectivity index (χ3v) is 2.63. The van der Waals surface area contributed by atoms with E-state index in [0.29, 0.717) is 11.4 Å². The number of ether oxygens (including phenoxy) is 1. The number of nitriles is 1. The molecular weight excluding hydrogens is 226 g/mol. The van der Waals surface area contributed by atoms with Gasteiger partial charge in [0.25, 0.3) is 0 Å². The minimum Gasteiger partial charge on any atom is -0.438 e. The van der Waals surface area contributed by atoms with Gasteiger partial charge in [0, 0.05) is 29.4 Å². The van der Waals surface area contributed by atoms with Gasteiger partial charge < -0.3 is 9.72 Å². The first-order valence-corrected chi connectivity index (χ1v) is 5.47. The molecule has 1 N–H and O–H groups in total. The topological polar surface area (TPSA) is 61.7 Å². The van der Waals surface area contributed by atoms with E-state index in [1.54, 1.807) is 18.3 Å². The standard InChI is InChI=1S/C14H9N3O/c15-9-10-4-6-17-14(8-10)18-13-3-1-2-12-11(13)5-7-16-12/h1-8,16H. The molecule has 2 aromatic heterocycles. The summed E-state index contributed by atoms with van der Waals surface area (Å²) in [5, 5.41) is 9.82. The largest absolute Gasteiger partial charge is 0.438 e. The summed E-state index contributed by atoms with van der Waals surface area (Å²) in [5.41, 5.74) is 1.53. The van der Waals surface area contributed by atoms with Gasteiger partial charge in [-0.2, -0.15) is 5.26 Å². The maximum Gasteiger partial charge on any atom is 0.220 e. The van der Waals surface area contributed by atoms with Crippen molar-refractivity contribution < 1.29 is 4.74 Å². The average molecular weight is 235 g/mol. The van der Waals surface area contributed by atoms with Gasteiger partial charge in [-0.15, -0.1) is 0 Å². The van der Waals surface area contributed by atoms with Crippen LogP contribution in [-0.2, 0) is 0 Å². The zero-order valence-electron chi connectivity index (χ0n) is 9.42. The van der Waals surface area contributed by atoms with Crippen LogP contribution >= 0.6 is 0 Å². The maximum atomic E-state index is 8.83. The molecule has 86 valence electrons. The Morgan fingerprint density at radius 2 is 2.17 bits per heavy atom. The highest BCUT2D eigenvalue weighted by atomic mass is 16.5. The highest BCUT2D eigenvalue weighted by Crippen LogP contribution is 2.28. The second kappa shape index (κ2) is 4.22. The van der Waals surface area contributed by atoms with Gasteiger partial charge in [0.1, 0.15) is 5.75 Å². The summed E-state index contributed by atoms with van der Waals surface area (Å²) in [6, 6.07) is 13.0. The molecule has 1 aromatic carbocycles. The lowest BCUT2D eigenvalue weighted by atomic mass is 10.2. The Hall–Kier alpha value is -2.80. The monoisotopic (exact) mass is 235 g/mol. The zero-order valence-corrected chi connectivity index (χ0v) is 9.42. The number of pyridine rings is 1. The molecule has 3 rings (SSSR count). The highest BCUT2D eigenvalue weighted by molar-refractivity contribution is 5.85. The molecule has 4 heteroatoms. The van der Waals surface area contributed by atoms with Crippen LogP contribution in [-0.4, -0.2) is 9.97 Å². The van der Waals surface area contributed by atoms with Crippen LogP contribution in [0, 0.1) is 11.3 Å². The first-order valence-electron chi connectivity index (χ1n) is 5.47. The molecule has 18 heavy (non-hydrogen) atoms. The summed E-state index contributed by atoms with van der Waals surface area (Å²) < 4.78 is 5.71. The number of benzene rings is 1. The predicted molar refractivity (Wildman–Crippen MR) is 67.3 cm³/mol. The molecule has 0 bridgehead atoms. The fourth-order valence-electron chi connectivity index (χ4n) is 1.79. The van der Waals surface area contributed by atoms with E-state index in [1.165, 1.54) is 0 Å². The van der Waals surface area contributed by atoms with Crippen molar-refractivity contribution in [1.82, 2.24) is 9.97 Å². The predicted octanol–water partition coefficient (Wildman–Crippen LogP) is 3.23. The van der Waals surface area contributed by atoms with E-state index in [4.69, 9.17) is 10.00 Å². The normalized spacial score (nSPS) is 10.2. The molecular formula is C14H9N3O. The number of aromatic nitrogens is 2. The lowest BCUT2D eigenvalue weighted by Crippen LogP contribution is -1.88. The quantitative estimate of drug-likeness (QED) is 0.741. The Bertz CT molecular complexity index is 740. The fourth-order valence-corrected chi connectivity index (χ4v) is 1.79. The first-order chi connectivity index (χ1) is 8.86. The van der Waals surface area contributed by atoms with Crippen molar-refractivity contribution in [3.63, 3.8) is 0 Å². The summed E-state index contributed by atoms with van der Waals surface area (Å²) in [7, 11) is 0. The van der Waals surface area contributed by atoms with Crippen LogP contribution < -0.4 is 4.74 Å². The third-order valence-electron chi connectivity index (χ3n) is 2.63. The van der Waals surface area contributed by atoms with Gasteiger partial charge in [-0.1, -0.05) is 6.07 Å². The minimum absolute atomic E-state index is 0.419. The second-order valence-corrected chi connectivity index (χ2v) is 3.79. The summed E-state index contributed by atoms with van der Waals surface area (Å²) in [6.45, 7) is 0. The maximum absolute atomic E-state index is 8.83. The van der Waals surface area contributed by atoms with Crippen LogP contribution in [0.2, 0.25) is 0 Å². The molecule has 0 aliphatic rings. The Morgan fingerprint density at radius 3 is 3.06 bits per heavy atom. The van der Waals surface area contributed by atoms with Crippen molar-refractivity contribution in [1.29, 1.82) is 5.26 Å². The molecule has 0 aliphatic carbocycles. The van der Waals surface area contributed by atoms with E-state index in [9.17, 15) is 0 Å². The Balaban J connectivity index is 2.01. The number of nitrogens with one attached hydrogen (secondary N) is 1. The molecule has 4 nitrogen and oxygen atoms in total. The van der Waals surface area contributed by atoms with E-state index >= 15 is 0 Å². The third kappa shape index (κ3) is 1.78. The molecule has 0 atom stereocenters. The Morgan fingerprint density at radius 1 is 1.22 bits per heavy atom. The highest BCUT2D eigenvalue weighted by Gasteiger charge is 2.05. The first kappa shape index (κ1) is 10.4. The van der Waals surface area contributed by atoms with Crippen molar-refractivity contribution in [3.8, 4) is 17.7 Å². The number of hydrogen-bond donors (Lipinski definition) is 1. The summed E-state index contributed by atoms with van der Waals surface area (Å²) in [4.78, 5) is 7.21. The number of H-pyrrole nitrogens is 1. The Labute approximate surface area is 103 Å². The lowest BCUT2D eigenvalue weighted by molar-refractivity contribution is 0.468. The molecule has 0 amide bonds. The van der Waals surface area contributed by atoms with E-state index in [2.05, 4.69) is 16.0 Å². The number of nitrogens with zero attached hydrogens (tertiary/aromatic N) is 2. The van der Waals surface area contributed by atoms with Crippen molar-refractivity contribution in [2.24, 2.45) is 0 Å². The molecule has 0 radical (unpaired) electrons. The van der Waals surface area contributed by atoms with E-state index in [0.717, 1.165) is 16.7 Å². The second-order valence-electron chi connectivity index (χ2n) is 3.79. The number of hydrogen-bond acceptors (Lipinski definition) is 3. The van der Waals surface area contributed by atoms with Crippen LogP contribution in [0.3, 0.4) is 0 Å². The van der Waals surface area contributed by atoms with Crippen molar-refractivity contribution in [2.75, 3.05) is 0 Å². The van der Waals surface area contributed by atoms with Gasteiger partial charge in [-0.05, 0) is 24.3 Å². The Kier molecular flexibility index (Phi) is 2.43. The van der Waals surface area contributed by atoms with Gasteiger partial charge in [0.15, 0.2) is 0 Å². The summed E-state index contributed by atoms with van der Waals surface area (Å²) in [6.07, 6.45) is 3.42. The van der Waals surface area contributed by atoms with Crippen molar-refractivity contribution in [2.45, 2.75) is 0 Å². The molecule has 0 spiro atoms. The van der Waals surface area contributed by atoms with Crippen LogP contribution in [0.25, 0.3) is 10.9 Å². The van der Waals surface area contributed by atoms with Crippen LogP contribution in [0.5, 0.6) is 11.6 Å². The molecule has 0 unspecified atom stereocenters. The zero-order chi connectivity index (χ0) is 12.4. The van der Waals surface area contributed by atoms with Gasteiger partial charge >= 0.3 is 0 Å². The van der Waals surface area contributed by atoms with Gasteiger partial charge in [-0.3, -0.25) is 0 Å². The SMILES string of the molecule is N#Cc1ccnc(Oc2cccc3[nH]ccc23)c1. The number of rotatable bonds is 2. The van der Waals surface area contributed by atoms with Crippen LogP contribution in [0.4, 0.5) is 0 Å². The van der Waals surface area contributed by atoms with E-state index < -0.39 is 0 Å². The summed E-state index contributed by atoms with van der Waals surface area (Å²) >= 11 is 0. The molecule has 3 aromatic rings. The average Bonchev–Trinajstić information content (AvgIpc) is 2.88. The smallest absolute Gasteiger partial charge is 0.220 e. The van der Waals surface area contributed by atoms with Crippen molar-refractivity contribution in [3.05, 3.63) is 54.4 Å². The van der Waals surface area contributed by atoms with Gasteiger partial charge in [0.05, 0.1) is 11.6 Å². The molecule has 0 aliphatic heterocycles. The minimum atomic E-state index is 0.419. The van der Waals surface area contributed by atoms with Gasteiger partial charge in [0.2, 0.25) is 5.88 Å². The fraction of sp³-hybridized carbons (Fsp3) is 0. The van der Waals surface area contributed by atoms with E-state index in [1.807, 2.05) is 30.5 Å². The number of fused-ring (bicyclic) bond motifs is 1. The molecule has 0 saturated carbocycles. The van der Waals surface area contributed by atoms with Crippen molar-refractivity contribution >= 4 is 10.9 Å². The van der Waals surface area contributed by atoms with Crippen LogP contribution in [0.1, 0.15) is 5.56 Å². The molecule has 0 saturated heterocycles. The number of aromatic amines is 1. The van der Waals surface area contributed by atoms with Gasteiger partial charge in [-0.25, -0.2) is 4.98 Å². The lowest BCUT2D eigenvalue weighted by Gasteiger charge is -2.05. The van der Waals surface area contributed by atoms with E-state index in [-0.39, 0.29) is 0 Å². The summed E-state index contributed by atoms with van der Waals surface area (Å²) in [5.74, 6) is 1.14. The molecule has 0 fully saturated rings. The molecule has 2 heterocycles.